The molecule has 0 aromatic carbocycles. The maximum Gasteiger partial charge on any atom is 0.312 e. The van der Waals surface area contributed by atoms with Gasteiger partial charge in [0, 0.05) is 0 Å². The van der Waals surface area contributed by atoms with Gasteiger partial charge < -0.3 is 34.9 Å². The van der Waals surface area contributed by atoms with Crippen molar-refractivity contribution in [3.05, 3.63) is 5.70 Å². The summed E-state index contributed by atoms with van der Waals surface area (Å²) in [7, 11) is 1.54. The molecule has 4 N–H and O–H groups in total. The van der Waals surface area contributed by atoms with Gasteiger partial charge in [-0.2, -0.15) is 5.01 Å². The first-order chi connectivity index (χ1) is 8.85. The molecule has 2 fully saturated rings. The van der Waals surface area contributed by atoms with E-state index in [0.717, 1.165) is 18.1 Å². The fourth-order valence-electron chi connectivity index (χ4n) is 3.74. The van der Waals surface area contributed by atoms with Gasteiger partial charge in [0.05, 0.1) is 32.0 Å². The lowest BCUT2D eigenvalue weighted by Gasteiger charge is -2.40. The highest BCUT2D eigenvalue weighted by atomic mass is 35.5. The summed E-state index contributed by atoms with van der Waals surface area (Å²) in [6.07, 6.45) is 3.81. The van der Waals surface area contributed by atoms with Gasteiger partial charge in [-0.05, 0) is 12.8 Å². The Kier molecular flexibility index (Phi) is 6.30. The number of nitrogens with two attached hydrogens (primary N) is 1. The van der Waals surface area contributed by atoms with E-state index in [-0.39, 0.29) is 24.8 Å². The molecule has 2 bridgehead atoms. The van der Waals surface area contributed by atoms with E-state index in [1.807, 2.05) is 5.94 Å². The van der Waals surface area contributed by atoms with Crippen molar-refractivity contribution in [2.24, 2.45) is 16.9 Å². The number of hydrogen-bond acceptors (Lipinski definition) is 4. The van der Waals surface area contributed by atoms with Gasteiger partial charge in [0.25, 0.3) is 0 Å². The number of hydrogen-bond donors (Lipinski definition) is 3. The minimum Gasteiger partial charge on any atom is -1.00 e. The van der Waals surface area contributed by atoms with Gasteiger partial charge in [-0.25, -0.2) is 4.79 Å². The zero-order valence-electron chi connectivity index (χ0n) is 11.4. The Morgan fingerprint density at radius 3 is 2.55 bits per heavy atom. The summed E-state index contributed by atoms with van der Waals surface area (Å²) < 4.78 is 5.12. The molecule has 0 spiro atoms. The Hall–Kier alpha value is -0.780. The summed E-state index contributed by atoms with van der Waals surface area (Å²) in [5.41, 5.74) is 3.52. The number of methoxy groups -OCH3 is 1. The Bertz CT molecular complexity index is 404. The molecular weight excluding hydrogens is 303 g/mol. The lowest BCUT2D eigenvalue weighted by atomic mass is 9.74. The third-order valence-electron chi connectivity index (χ3n) is 4.49. The molecule has 3 aliphatic rings. The minimum absolute atomic E-state index is 0. The number of ether oxygens (including phenoxy) is 1. The van der Waals surface area contributed by atoms with Crippen LogP contribution >= 0.6 is 0 Å². The van der Waals surface area contributed by atoms with Gasteiger partial charge in [0.1, 0.15) is 6.04 Å². The maximum atomic E-state index is 11.2. The van der Waals surface area contributed by atoms with Crippen LogP contribution in [-0.4, -0.2) is 38.1 Å². The van der Waals surface area contributed by atoms with Gasteiger partial charge in [-0.3, -0.25) is 0 Å². The number of nitrogens with one attached hydrogen (secondary N) is 2. The van der Waals surface area contributed by atoms with E-state index in [9.17, 15) is 4.79 Å². The predicted octanol–water partition coefficient (Wildman–Crippen LogP) is -8.57. The average Bonchev–Trinajstić information content (AvgIpc) is 2.80. The summed E-state index contributed by atoms with van der Waals surface area (Å²) in [5, 5.41) is 7.44. The smallest absolute Gasteiger partial charge is 0.312 e. The van der Waals surface area contributed by atoms with E-state index >= 15 is 0 Å². The number of nitrogens with zero attached hydrogens (tertiary/aromatic N) is 1. The molecule has 3 unspecified atom stereocenters. The van der Waals surface area contributed by atoms with E-state index in [0.29, 0.717) is 29.5 Å². The van der Waals surface area contributed by atoms with Crippen LogP contribution in [0, 0.1) is 11.8 Å². The van der Waals surface area contributed by atoms with Crippen molar-refractivity contribution in [1.82, 2.24) is 5.53 Å². The SMILES string of the molecule is COC1=NN[NH+](C2C3CCCC2C[NH2+]C3)C1=C=O.[Cl-].[Cl-]. The fraction of sp³-hybridized carbons (Fsp3) is 0.750. The molecule has 1 aliphatic carbocycles. The highest BCUT2D eigenvalue weighted by Crippen LogP contribution is 2.28. The van der Waals surface area contributed by atoms with Crippen LogP contribution in [0.5, 0.6) is 0 Å². The van der Waals surface area contributed by atoms with Crippen molar-refractivity contribution < 1.29 is 44.7 Å². The summed E-state index contributed by atoms with van der Waals surface area (Å²) in [6.45, 7) is 2.31. The summed E-state index contributed by atoms with van der Waals surface area (Å²) in [5.74, 6) is 3.68. The molecule has 114 valence electrons. The zero-order chi connectivity index (χ0) is 12.5. The third-order valence-corrected chi connectivity index (χ3v) is 4.49. The third kappa shape index (κ3) is 2.80. The minimum atomic E-state index is 0. The normalized spacial score (nSPS) is 34.9. The van der Waals surface area contributed by atoms with E-state index < -0.39 is 0 Å². The summed E-state index contributed by atoms with van der Waals surface area (Å²) in [6, 6.07) is 0.427. The van der Waals surface area contributed by atoms with E-state index in [4.69, 9.17) is 4.74 Å². The first kappa shape index (κ1) is 17.3. The number of rotatable bonds is 1. The van der Waals surface area contributed by atoms with E-state index in [1.54, 1.807) is 0 Å². The van der Waals surface area contributed by atoms with Crippen molar-refractivity contribution in [2.45, 2.75) is 25.3 Å². The number of fused-ring (bicyclic) bond motifs is 2. The standard InChI is InChI=1S/C12H18N4O2.2ClH/c1-18-12-10(7-17)16(15-14-12)11-8-3-2-4-9(11)6-13-5-8;;/h8-9,11,13,15H,2-6H2,1H3;2*1H. The molecule has 20 heavy (non-hydrogen) atoms. The summed E-state index contributed by atoms with van der Waals surface area (Å²) in [4.78, 5) is 11.2. The van der Waals surface area contributed by atoms with E-state index in [2.05, 4.69) is 16.0 Å². The predicted molar refractivity (Wildman–Crippen MR) is 64.0 cm³/mol. The quantitative estimate of drug-likeness (QED) is 0.420. The van der Waals surface area contributed by atoms with Crippen molar-refractivity contribution in [3.8, 4) is 0 Å². The lowest BCUT2D eigenvalue weighted by Crippen LogP contribution is -3.22. The lowest BCUT2D eigenvalue weighted by molar-refractivity contribution is -0.941. The number of halogens is 2. The molecule has 3 atom stereocenters. The molecule has 0 aromatic rings. The number of quaternary nitrogens is 2. The molecule has 0 radical (unpaired) electrons. The van der Waals surface area contributed by atoms with Crippen LogP contribution in [0.25, 0.3) is 0 Å². The zero-order valence-corrected chi connectivity index (χ0v) is 12.9. The Morgan fingerprint density at radius 2 is 2.00 bits per heavy atom. The second kappa shape index (κ2) is 7.29. The molecule has 3 rings (SSSR count). The maximum absolute atomic E-state index is 11.2. The Morgan fingerprint density at radius 1 is 1.35 bits per heavy atom. The second-order valence-electron chi connectivity index (χ2n) is 5.36. The topological polar surface area (TPSA) is 71.7 Å². The molecule has 2 heterocycles. The van der Waals surface area contributed by atoms with Gasteiger partial charge >= 0.3 is 11.6 Å². The van der Waals surface area contributed by atoms with Crippen LogP contribution in [0.4, 0.5) is 0 Å². The van der Waals surface area contributed by atoms with Crippen molar-refractivity contribution in [2.75, 3.05) is 20.2 Å². The molecule has 6 nitrogen and oxygen atoms in total. The van der Waals surface area contributed by atoms with Crippen LogP contribution in [0.2, 0.25) is 0 Å². The Labute approximate surface area is 130 Å². The van der Waals surface area contributed by atoms with Gasteiger partial charge in [0.15, 0.2) is 0 Å². The molecule has 8 heteroatoms. The van der Waals surface area contributed by atoms with Gasteiger partial charge in [-0.1, -0.05) is 11.5 Å². The summed E-state index contributed by atoms with van der Waals surface area (Å²) >= 11 is 0. The van der Waals surface area contributed by atoms with Crippen molar-refractivity contribution >= 4 is 11.8 Å². The van der Waals surface area contributed by atoms with Crippen LogP contribution in [0.1, 0.15) is 19.3 Å². The Balaban J connectivity index is 0.000001000. The van der Waals surface area contributed by atoms with Crippen LogP contribution in [0.15, 0.2) is 10.8 Å². The number of hydrazone groups is 1. The first-order valence-corrected chi connectivity index (χ1v) is 6.67. The molecule has 0 aromatic heterocycles. The fourth-order valence-corrected chi connectivity index (χ4v) is 3.74. The first-order valence-electron chi connectivity index (χ1n) is 6.67. The van der Waals surface area contributed by atoms with Crippen molar-refractivity contribution in [3.63, 3.8) is 0 Å². The van der Waals surface area contributed by atoms with Crippen LogP contribution in [-0.2, 0) is 9.53 Å². The van der Waals surface area contributed by atoms with Crippen LogP contribution < -0.4 is 40.7 Å². The second-order valence-corrected chi connectivity index (χ2v) is 5.36. The van der Waals surface area contributed by atoms with Crippen LogP contribution in [0.3, 0.4) is 0 Å². The number of carbonyl (C=O) groups excluding carboxylic acids is 1. The van der Waals surface area contributed by atoms with Crippen molar-refractivity contribution in [1.29, 1.82) is 0 Å². The molecule has 1 saturated carbocycles. The highest BCUT2D eigenvalue weighted by Gasteiger charge is 2.50. The largest absolute Gasteiger partial charge is 1.00 e. The average molecular weight is 323 g/mol. The van der Waals surface area contributed by atoms with E-state index in [1.165, 1.54) is 26.4 Å². The molecular formula is C12H20Cl2N4O2. The number of piperidine rings is 1. The molecule has 2 aliphatic heterocycles. The van der Waals surface area contributed by atoms with Gasteiger partial charge in [0.2, 0.25) is 5.94 Å². The van der Waals surface area contributed by atoms with Gasteiger partial charge in [-0.15, -0.1) is 5.53 Å². The molecule has 0 amide bonds. The monoisotopic (exact) mass is 322 g/mol. The highest BCUT2D eigenvalue weighted by molar-refractivity contribution is 5.98. The molecule has 1 saturated heterocycles.